The zero-order valence-electron chi connectivity index (χ0n) is 22.0. The standard InChI is InChI=1S/C26H40N8O5/c27-22(28)17-10-8-15(9-11-17)13-18(16-5-2-1-3-6-16)24(38)34-20(14-21(35)36)25(39)33-19(23(29)37)7-4-12-32-26(30)31/h8-11,16,18-20H,1-7,12-14H2,(H3,27,28)(H2,29,37)(H,33,39)(H,34,38)(H,35,36)(H4,30,31,32)/t18?,19-,20-/m0/s1. The summed E-state index contributed by atoms with van der Waals surface area (Å²) in [6.45, 7) is 0.216. The van der Waals surface area contributed by atoms with Gasteiger partial charge in [-0.05, 0) is 43.6 Å². The lowest BCUT2D eigenvalue weighted by Gasteiger charge is -2.31. The van der Waals surface area contributed by atoms with Crippen molar-refractivity contribution in [1.29, 1.82) is 5.41 Å². The van der Waals surface area contributed by atoms with E-state index in [2.05, 4.69) is 15.6 Å². The molecule has 1 aliphatic carbocycles. The van der Waals surface area contributed by atoms with Gasteiger partial charge in [0.2, 0.25) is 17.7 Å². The summed E-state index contributed by atoms with van der Waals surface area (Å²) in [4.78, 5) is 53.9. The van der Waals surface area contributed by atoms with Gasteiger partial charge < -0.3 is 38.7 Å². The van der Waals surface area contributed by atoms with Gasteiger partial charge in [0, 0.05) is 18.0 Å². The Hall–Kier alpha value is -4.16. The molecule has 2 rings (SSSR count). The first-order valence-electron chi connectivity index (χ1n) is 13.1. The predicted octanol–water partition coefficient (Wildman–Crippen LogP) is -0.307. The molecule has 1 aromatic rings. The molecule has 0 saturated heterocycles. The van der Waals surface area contributed by atoms with Crippen molar-refractivity contribution in [2.45, 2.75) is 69.9 Å². The van der Waals surface area contributed by atoms with Crippen LogP contribution in [0.4, 0.5) is 0 Å². The Balaban J connectivity index is 2.18. The highest BCUT2D eigenvalue weighted by Gasteiger charge is 2.34. The molecular weight excluding hydrogens is 504 g/mol. The molecule has 13 nitrogen and oxygen atoms in total. The topological polar surface area (TPSA) is 253 Å². The van der Waals surface area contributed by atoms with Gasteiger partial charge in [0.25, 0.3) is 0 Å². The summed E-state index contributed by atoms with van der Waals surface area (Å²) >= 11 is 0. The fraction of sp³-hybridized carbons (Fsp3) is 0.538. The van der Waals surface area contributed by atoms with Gasteiger partial charge in [-0.3, -0.25) is 29.6 Å². The van der Waals surface area contributed by atoms with E-state index in [9.17, 15) is 24.3 Å². The summed E-state index contributed by atoms with van der Waals surface area (Å²) in [7, 11) is 0. The Morgan fingerprint density at radius 1 is 0.949 bits per heavy atom. The minimum Gasteiger partial charge on any atom is -0.481 e. The van der Waals surface area contributed by atoms with Crippen LogP contribution in [0.2, 0.25) is 0 Å². The van der Waals surface area contributed by atoms with Gasteiger partial charge in [-0.15, -0.1) is 0 Å². The van der Waals surface area contributed by atoms with E-state index in [0.717, 1.165) is 37.7 Å². The van der Waals surface area contributed by atoms with E-state index in [0.29, 0.717) is 18.4 Å². The number of amidine groups is 1. The Bertz CT molecular complexity index is 1050. The molecular formula is C26H40N8O5. The van der Waals surface area contributed by atoms with Crippen LogP contribution in [0.15, 0.2) is 29.3 Å². The maximum Gasteiger partial charge on any atom is 0.305 e. The lowest BCUT2D eigenvalue weighted by atomic mass is 9.76. The van der Waals surface area contributed by atoms with Crippen molar-refractivity contribution in [1.82, 2.24) is 10.6 Å². The van der Waals surface area contributed by atoms with Gasteiger partial charge >= 0.3 is 5.97 Å². The maximum absolute atomic E-state index is 13.5. The van der Waals surface area contributed by atoms with Crippen LogP contribution in [-0.2, 0) is 25.6 Å². The number of nitrogens with one attached hydrogen (secondary N) is 3. The molecule has 3 amide bonds. The number of rotatable bonds is 15. The molecule has 3 atom stereocenters. The van der Waals surface area contributed by atoms with E-state index in [4.69, 9.17) is 28.3 Å². The monoisotopic (exact) mass is 544 g/mol. The number of aliphatic carboxylic acids is 1. The number of carbonyl (C=O) groups excluding carboxylic acids is 3. The van der Waals surface area contributed by atoms with Crippen molar-refractivity contribution in [3.05, 3.63) is 35.4 Å². The number of carboxylic acid groups (broad SMARTS) is 1. The number of carbonyl (C=O) groups is 4. The molecule has 0 bridgehead atoms. The van der Waals surface area contributed by atoms with Gasteiger partial charge in [0.1, 0.15) is 17.9 Å². The van der Waals surface area contributed by atoms with Crippen molar-refractivity contribution >= 4 is 35.5 Å². The van der Waals surface area contributed by atoms with Gasteiger partial charge in [-0.25, -0.2) is 0 Å². The number of carboxylic acids is 1. The quantitative estimate of drug-likeness (QED) is 0.0823. The van der Waals surface area contributed by atoms with Crippen LogP contribution in [0.5, 0.6) is 0 Å². The second-order valence-corrected chi connectivity index (χ2v) is 9.89. The lowest BCUT2D eigenvalue weighted by Crippen LogP contribution is -2.55. The Kier molecular flexibility index (Phi) is 12.2. The molecule has 39 heavy (non-hydrogen) atoms. The largest absolute Gasteiger partial charge is 0.481 e. The second kappa shape index (κ2) is 15.3. The normalized spacial score (nSPS) is 15.8. The molecule has 1 aliphatic rings. The molecule has 1 aromatic carbocycles. The fourth-order valence-electron chi connectivity index (χ4n) is 4.81. The van der Waals surface area contributed by atoms with Crippen LogP contribution in [-0.4, -0.2) is 59.2 Å². The number of primary amides is 1. The number of hydrogen-bond acceptors (Lipinski definition) is 6. The summed E-state index contributed by atoms with van der Waals surface area (Å²) in [6.07, 6.45) is 4.93. The highest BCUT2D eigenvalue weighted by Crippen LogP contribution is 2.32. The molecule has 1 unspecified atom stereocenters. The minimum absolute atomic E-state index is 0.0591. The molecule has 1 saturated carbocycles. The second-order valence-electron chi connectivity index (χ2n) is 9.89. The molecule has 0 spiro atoms. The van der Waals surface area contributed by atoms with Crippen molar-refractivity contribution in [2.75, 3.05) is 6.54 Å². The first-order valence-corrected chi connectivity index (χ1v) is 13.1. The zero-order valence-corrected chi connectivity index (χ0v) is 22.0. The molecule has 0 aromatic heterocycles. The molecule has 1 fully saturated rings. The van der Waals surface area contributed by atoms with Crippen LogP contribution in [0.1, 0.15) is 62.5 Å². The molecule has 13 heteroatoms. The van der Waals surface area contributed by atoms with Gasteiger partial charge in [0.15, 0.2) is 5.96 Å². The van der Waals surface area contributed by atoms with E-state index in [-0.39, 0.29) is 30.7 Å². The number of benzene rings is 1. The summed E-state index contributed by atoms with van der Waals surface area (Å²) in [5, 5.41) is 22.1. The number of aliphatic imine (C=N–C) groups is 1. The van der Waals surface area contributed by atoms with Crippen LogP contribution in [0.3, 0.4) is 0 Å². The number of guanidine groups is 1. The number of nitrogen functional groups attached to an aromatic ring is 1. The first-order chi connectivity index (χ1) is 18.5. The van der Waals surface area contributed by atoms with Crippen LogP contribution in [0, 0.1) is 17.2 Å². The SMILES string of the molecule is N=C(N)c1ccc(CC(C(=O)N[C@@H](CC(=O)O)C(=O)N[C@@H](CCCN=C(N)N)C(N)=O)C2CCCCC2)cc1. The average Bonchev–Trinajstić information content (AvgIpc) is 2.88. The van der Waals surface area contributed by atoms with Gasteiger partial charge in [-0.2, -0.15) is 0 Å². The molecule has 0 heterocycles. The first kappa shape index (κ1) is 31.1. The van der Waals surface area contributed by atoms with Crippen LogP contribution < -0.4 is 33.6 Å². The van der Waals surface area contributed by atoms with Crippen LogP contribution >= 0.6 is 0 Å². The highest BCUT2D eigenvalue weighted by molar-refractivity contribution is 5.95. The van der Waals surface area contributed by atoms with E-state index in [1.165, 1.54) is 0 Å². The Labute approximate surface area is 227 Å². The van der Waals surface area contributed by atoms with E-state index < -0.39 is 48.1 Å². The summed E-state index contributed by atoms with van der Waals surface area (Å²) in [5.41, 5.74) is 23.0. The summed E-state index contributed by atoms with van der Waals surface area (Å²) in [5.74, 6) is -3.93. The van der Waals surface area contributed by atoms with E-state index >= 15 is 0 Å². The van der Waals surface area contributed by atoms with E-state index in [1.54, 1.807) is 24.3 Å². The average molecular weight is 545 g/mol. The van der Waals surface area contributed by atoms with E-state index in [1.807, 2.05) is 0 Å². The van der Waals surface area contributed by atoms with Crippen molar-refractivity contribution < 1.29 is 24.3 Å². The molecule has 0 aliphatic heterocycles. The van der Waals surface area contributed by atoms with Crippen LogP contribution in [0.25, 0.3) is 0 Å². The third-order valence-corrected chi connectivity index (χ3v) is 6.89. The number of nitrogens with zero attached hydrogens (tertiary/aromatic N) is 1. The third kappa shape index (κ3) is 10.6. The molecule has 0 radical (unpaired) electrons. The Morgan fingerprint density at radius 2 is 1.56 bits per heavy atom. The molecule has 214 valence electrons. The number of hydrogen-bond donors (Lipinski definition) is 8. The highest BCUT2D eigenvalue weighted by atomic mass is 16.4. The minimum atomic E-state index is -1.40. The Morgan fingerprint density at radius 3 is 2.10 bits per heavy atom. The lowest BCUT2D eigenvalue weighted by molar-refractivity contribution is -0.141. The smallest absolute Gasteiger partial charge is 0.305 e. The van der Waals surface area contributed by atoms with Crippen molar-refractivity contribution in [2.24, 2.45) is 39.8 Å². The molecule has 12 N–H and O–H groups in total. The van der Waals surface area contributed by atoms with Crippen molar-refractivity contribution in [3.63, 3.8) is 0 Å². The maximum atomic E-state index is 13.5. The number of amides is 3. The summed E-state index contributed by atoms with van der Waals surface area (Å²) < 4.78 is 0. The predicted molar refractivity (Wildman–Crippen MR) is 146 cm³/mol. The zero-order chi connectivity index (χ0) is 28.9. The van der Waals surface area contributed by atoms with Gasteiger partial charge in [0.05, 0.1) is 6.42 Å². The fourth-order valence-corrected chi connectivity index (χ4v) is 4.81. The third-order valence-electron chi connectivity index (χ3n) is 6.89. The number of nitrogens with two attached hydrogens (primary N) is 4. The summed E-state index contributed by atoms with van der Waals surface area (Å²) in [6, 6.07) is 4.55. The van der Waals surface area contributed by atoms with Gasteiger partial charge in [-0.1, -0.05) is 43.5 Å². The van der Waals surface area contributed by atoms with Crippen molar-refractivity contribution in [3.8, 4) is 0 Å².